The van der Waals surface area contributed by atoms with Crippen LogP contribution < -0.4 is 5.32 Å². The van der Waals surface area contributed by atoms with Crippen LogP contribution >= 0.6 is 0 Å². The average Bonchev–Trinajstić information content (AvgIpc) is 3.56. The van der Waals surface area contributed by atoms with Crippen molar-refractivity contribution in [3.05, 3.63) is 96.2 Å². The summed E-state index contributed by atoms with van der Waals surface area (Å²) in [6.07, 6.45) is 6.45. The van der Waals surface area contributed by atoms with Crippen molar-refractivity contribution in [3.63, 3.8) is 0 Å². The molecule has 2 aromatic heterocycles. The number of nitrogens with zero attached hydrogens (tertiary/aromatic N) is 4. The van der Waals surface area contributed by atoms with E-state index in [1.54, 1.807) is 41.2 Å². The minimum absolute atomic E-state index is 0.154. The van der Waals surface area contributed by atoms with Crippen LogP contribution in [0.1, 0.15) is 28.8 Å². The molecule has 0 spiro atoms. The van der Waals surface area contributed by atoms with Crippen LogP contribution in [0, 0.1) is 5.82 Å². The quantitative estimate of drug-likeness (QED) is 0.486. The maximum Gasteiger partial charge on any atom is 0.261 e. The van der Waals surface area contributed by atoms with Crippen LogP contribution in [0.15, 0.2) is 79.3 Å². The van der Waals surface area contributed by atoms with Gasteiger partial charge in [-0.15, -0.1) is 0 Å². The number of carbonyl (C=O) groups is 2. The number of carbonyl (C=O) groups excluding carboxylic acids is 2. The molecule has 8 heteroatoms. The first-order chi connectivity index (χ1) is 16.1. The van der Waals surface area contributed by atoms with Gasteiger partial charge >= 0.3 is 0 Å². The molecule has 1 saturated heterocycles. The van der Waals surface area contributed by atoms with E-state index in [1.165, 1.54) is 16.9 Å². The maximum atomic E-state index is 14.5. The molecule has 1 fully saturated rings. The number of hydrogen-bond acceptors (Lipinski definition) is 3. The van der Waals surface area contributed by atoms with Crippen molar-refractivity contribution in [1.29, 1.82) is 0 Å². The van der Waals surface area contributed by atoms with Gasteiger partial charge in [-0.25, -0.2) is 9.07 Å². The third-order valence-electron chi connectivity index (χ3n) is 5.65. The van der Waals surface area contributed by atoms with Gasteiger partial charge in [-0.05, 0) is 48.4 Å². The lowest BCUT2D eigenvalue weighted by molar-refractivity contribution is -0.128. The van der Waals surface area contributed by atoms with E-state index in [0.717, 1.165) is 18.5 Å². The molecule has 1 aliphatic heterocycles. The number of anilines is 1. The molecule has 1 N–H and O–H groups in total. The van der Waals surface area contributed by atoms with E-state index in [1.807, 2.05) is 35.2 Å². The Morgan fingerprint density at radius 3 is 2.64 bits per heavy atom. The van der Waals surface area contributed by atoms with Crippen LogP contribution in [-0.2, 0) is 11.3 Å². The molecule has 0 atom stereocenters. The number of hydrogen-bond donors (Lipinski definition) is 1. The number of nitrogens with one attached hydrogen (secondary N) is 1. The van der Waals surface area contributed by atoms with E-state index < -0.39 is 5.82 Å². The number of para-hydroxylation sites is 1. The van der Waals surface area contributed by atoms with E-state index in [4.69, 9.17) is 0 Å². The second-order valence-corrected chi connectivity index (χ2v) is 7.91. The molecule has 3 heterocycles. The van der Waals surface area contributed by atoms with Gasteiger partial charge in [-0.1, -0.05) is 24.3 Å². The molecule has 0 bridgehead atoms. The van der Waals surface area contributed by atoms with Crippen molar-refractivity contribution < 1.29 is 14.0 Å². The zero-order valence-electron chi connectivity index (χ0n) is 17.8. The van der Waals surface area contributed by atoms with E-state index in [2.05, 4.69) is 10.4 Å². The van der Waals surface area contributed by atoms with Crippen molar-refractivity contribution in [2.45, 2.75) is 19.4 Å². The smallest absolute Gasteiger partial charge is 0.261 e. The van der Waals surface area contributed by atoms with E-state index in [0.29, 0.717) is 30.0 Å². The second-order valence-electron chi connectivity index (χ2n) is 7.91. The van der Waals surface area contributed by atoms with E-state index >= 15 is 0 Å². The predicted molar refractivity (Wildman–Crippen MR) is 122 cm³/mol. The van der Waals surface area contributed by atoms with Gasteiger partial charge < -0.3 is 14.8 Å². The number of rotatable bonds is 6. The molecule has 166 valence electrons. The van der Waals surface area contributed by atoms with Gasteiger partial charge in [-0.3, -0.25) is 9.59 Å². The molecule has 7 nitrogen and oxygen atoms in total. The highest BCUT2D eigenvalue weighted by atomic mass is 19.1. The third-order valence-corrected chi connectivity index (χ3v) is 5.65. The molecular weight excluding hydrogens is 421 g/mol. The molecule has 0 saturated carbocycles. The third kappa shape index (κ3) is 4.15. The number of amides is 2. The summed E-state index contributed by atoms with van der Waals surface area (Å²) in [7, 11) is 0. The molecule has 33 heavy (non-hydrogen) atoms. The van der Waals surface area contributed by atoms with E-state index in [-0.39, 0.29) is 17.5 Å². The number of likely N-dealkylation sites (tertiary alicyclic amines) is 1. The van der Waals surface area contributed by atoms with Crippen LogP contribution in [0.3, 0.4) is 0 Å². The molecule has 2 amide bonds. The summed E-state index contributed by atoms with van der Waals surface area (Å²) in [5.74, 6) is -0.219. The first-order valence-electron chi connectivity index (χ1n) is 10.7. The van der Waals surface area contributed by atoms with Crippen LogP contribution in [0.5, 0.6) is 0 Å². The summed E-state index contributed by atoms with van der Waals surface area (Å²) in [5, 5.41) is 7.22. The van der Waals surface area contributed by atoms with Crippen LogP contribution in [0.25, 0.3) is 11.5 Å². The SMILES string of the molecule is O=C(Nc1cccc(CN2CCCC2=O)c1)c1cnn(-c2ccccc2F)c1-n1cccc1. The van der Waals surface area contributed by atoms with Crippen molar-refractivity contribution in [1.82, 2.24) is 19.2 Å². The molecule has 0 radical (unpaired) electrons. The van der Waals surface area contributed by atoms with Crippen molar-refractivity contribution in [2.24, 2.45) is 0 Å². The Morgan fingerprint density at radius 2 is 1.88 bits per heavy atom. The Morgan fingerprint density at radius 1 is 1.06 bits per heavy atom. The molecule has 4 aromatic rings. The van der Waals surface area contributed by atoms with Crippen molar-refractivity contribution in [3.8, 4) is 11.5 Å². The van der Waals surface area contributed by atoms with E-state index in [9.17, 15) is 14.0 Å². The second kappa shape index (κ2) is 8.74. The van der Waals surface area contributed by atoms with Gasteiger partial charge in [0.05, 0.1) is 6.20 Å². The Hall–Kier alpha value is -4.20. The Balaban J connectivity index is 1.44. The predicted octanol–water partition coefficient (Wildman–Crippen LogP) is 4.18. The normalized spacial score (nSPS) is 13.5. The largest absolute Gasteiger partial charge is 0.338 e. The highest BCUT2D eigenvalue weighted by Gasteiger charge is 2.22. The van der Waals surface area contributed by atoms with Gasteiger partial charge in [0.2, 0.25) is 5.91 Å². The first-order valence-corrected chi connectivity index (χ1v) is 10.7. The fourth-order valence-electron chi connectivity index (χ4n) is 4.06. The molecule has 5 rings (SSSR count). The summed E-state index contributed by atoms with van der Waals surface area (Å²) in [6.45, 7) is 1.27. The first kappa shape index (κ1) is 20.7. The zero-order chi connectivity index (χ0) is 22.8. The molecular formula is C25H22FN5O2. The van der Waals surface area contributed by atoms with Crippen LogP contribution in [-0.4, -0.2) is 37.6 Å². The monoisotopic (exact) mass is 443 g/mol. The number of halogens is 1. The lowest BCUT2D eigenvalue weighted by Gasteiger charge is -2.16. The highest BCUT2D eigenvalue weighted by Crippen LogP contribution is 2.23. The Kier molecular flexibility index (Phi) is 5.48. The van der Waals surface area contributed by atoms with Gasteiger partial charge in [0.25, 0.3) is 5.91 Å². The standard InChI is InChI=1S/C25H22FN5O2/c26-21-9-1-2-10-22(21)31-25(29-12-3-4-13-29)20(16-27-31)24(33)28-19-8-5-7-18(15-19)17-30-14-6-11-23(30)32/h1-5,7-10,12-13,15-16H,6,11,14,17H2,(H,28,33). The Labute approximate surface area is 190 Å². The lowest BCUT2D eigenvalue weighted by Crippen LogP contribution is -2.23. The topological polar surface area (TPSA) is 72.2 Å². The van der Waals surface area contributed by atoms with Crippen LogP contribution in [0.2, 0.25) is 0 Å². The average molecular weight is 443 g/mol. The van der Waals surface area contributed by atoms with Crippen LogP contribution in [0.4, 0.5) is 10.1 Å². The summed E-state index contributed by atoms with van der Waals surface area (Å²) in [5.41, 5.74) is 2.10. The molecule has 0 unspecified atom stereocenters. The lowest BCUT2D eigenvalue weighted by atomic mass is 10.2. The summed E-state index contributed by atoms with van der Waals surface area (Å²) in [6, 6.07) is 17.4. The van der Waals surface area contributed by atoms with Crippen molar-refractivity contribution in [2.75, 3.05) is 11.9 Å². The summed E-state index contributed by atoms with van der Waals surface area (Å²) < 4.78 is 17.6. The van der Waals surface area contributed by atoms with Gasteiger partial charge in [0.1, 0.15) is 17.1 Å². The fourth-order valence-corrected chi connectivity index (χ4v) is 4.06. The Bertz CT molecular complexity index is 1310. The zero-order valence-corrected chi connectivity index (χ0v) is 17.8. The summed E-state index contributed by atoms with van der Waals surface area (Å²) >= 11 is 0. The van der Waals surface area contributed by atoms with Gasteiger partial charge in [-0.2, -0.15) is 5.10 Å². The molecule has 2 aromatic carbocycles. The highest BCUT2D eigenvalue weighted by molar-refractivity contribution is 6.06. The minimum Gasteiger partial charge on any atom is -0.338 e. The van der Waals surface area contributed by atoms with Gasteiger partial charge in [0, 0.05) is 37.6 Å². The number of benzene rings is 2. The maximum absolute atomic E-state index is 14.5. The number of aromatic nitrogens is 3. The molecule has 1 aliphatic rings. The van der Waals surface area contributed by atoms with Gasteiger partial charge in [0.15, 0.2) is 5.82 Å². The molecule has 0 aliphatic carbocycles. The summed E-state index contributed by atoms with van der Waals surface area (Å²) in [4.78, 5) is 27.0. The van der Waals surface area contributed by atoms with Crippen molar-refractivity contribution >= 4 is 17.5 Å². The fraction of sp³-hybridized carbons (Fsp3) is 0.160. The minimum atomic E-state index is -0.440.